The molecule has 1 saturated heterocycles. The molecule has 2 aromatic carbocycles. The topological polar surface area (TPSA) is 178 Å². The zero-order chi connectivity index (χ0) is 28.3. The molecular weight excluding hydrogens is 516 g/mol. The van der Waals surface area contributed by atoms with Crippen LogP contribution in [0.4, 0.5) is 0 Å². The van der Waals surface area contributed by atoms with Crippen LogP contribution in [-0.2, 0) is 4.74 Å². The maximum absolute atomic E-state index is 13.7. The van der Waals surface area contributed by atoms with Gasteiger partial charge in [-0.25, -0.2) is 0 Å². The molecule has 5 N–H and O–H groups in total. The summed E-state index contributed by atoms with van der Waals surface area (Å²) in [6.07, 6.45) is -7.48. The highest BCUT2D eigenvalue weighted by Crippen LogP contribution is 2.39. The summed E-state index contributed by atoms with van der Waals surface area (Å²) in [6.45, 7) is 5.25. The lowest BCUT2D eigenvalue weighted by molar-refractivity contribution is -0.277. The lowest BCUT2D eigenvalue weighted by atomic mass is 9.99. The van der Waals surface area contributed by atoms with Gasteiger partial charge in [-0.15, -0.1) is 0 Å². The molecule has 2 heterocycles. The van der Waals surface area contributed by atoms with Crippen molar-refractivity contribution in [1.29, 1.82) is 0 Å². The summed E-state index contributed by atoms with van der Waals surface area (Å²) >= 11 is 0. The van der Waals surface area contributed by atoms with Crippen molar-refractivity contribution in [1.82, 2.24) is 0 Å². The van der Waals surface area contributed by atoms with Crippen LogP contribution >= 0.6 is 0 Å². The summed E-state index contributed by atoms with van der Waals surface area (Å²) in [4.78, 5) is 13.7. The third kappa shape index (κ3) is 5.60. The van der Waals surface area contributed by atoms with Gasteiger partial charge in [-0.2, -0.15) is 0 Å². The predicted molar refractivity (Wildman–Crippen MR) is 137 cm³/mol. The Balaban J connectivity index is 1.86. The molecule has 4 rings (SSSR count). The zero-order valence-corrected chi connectivity index (χ0v) is 21.7. The third-order valence-corrected chi connectivity index (χ3v) is 6.10. The Bertz CT molecular complexity index is 1350. The molecule has 3 unspecified atom stereocenters. The minimum Gasteiger partial charge on any atom is -0.504 e. The number of aromatic hydroxyl groups is 1. The lowest BCUT2D eigenvalue weighted by Crippen LogP contribution is -2.60. The number of hydrogen-bond donors (Lipinski definition) is 5. The van der Waals surface area contributed by atoms with E-state index in [1.54, 1.807) is 26.8 Å². The molecule has 0 aliphatic carbocycles. The SMILES string of the molecule is CCOc1cc(-c2oc3cc(O[C@@H]4OC(CO)[C@@H](O)C(O)C4O)cc(OCC)c3c(=O)c2OCC)ccc1O. The summed E-state index contributed by atoms with van der Waals surface area (Å²) in [6, 6.07) is 7.24. The smallest absolute Gasteiger partial charge is 0.239 e. The van der Waals surface area contributed by atoms with Crippen molar-refractivity contribution >= 4 is 11.0 Å². The van der Waals surface area contributed by atoms with Gasteiger partial charge in [0.25, 0.3) is 0 Å². The highest BCUT2D eigenvalue weighted by atomic mass is 16.7. The first-order valence-electron chi connectivity index (χ1n) is 12.6. The highest BCUT2D eigenvalue weighted by Gasteiger charge is 2.44. The summed E-state index contributed by atoms with van der Waals surface area (Å²) in [5, 5.41) is 50.2. The van der Waals surface area contributed by atoms with Gasteiger partial charge in [0.05, 0.1) is 26.4 Å². The van der Waals surface area contributed by atoms with Crippen LogP contribution in [0.15, 0.2) is 39.5 Å². The largest absolute Gasteiger partial charge is 0.504 e. The Morgan fingerprint density at radius 3 is 2.23 bits per heavy atom. The first-order chi connectivity index (χ1) is 18.7. The van der Waals surface area contributed by atoms with Crippen molar-refractivity contribution in [2.75, 3.05) is 26.4 Å². The molecule has 39 heavy (non-hydrogen) atoms. The average Bonchev–Trinajstić information content (AvgIpc) is 2.92. The van der Waals surface area contributed by atoms with Crippen molar-refractivity contribution in [3.8, 4) is 40.1 Å². The van der Waals surface area contributed by atoms with Crippen LogP contribution in [0.1, 0.15) is 20.8 Å². The first-order valence-corrected chi connectivity index (χ1v) is 12.6. The van der Waals surface area contributed by atoms with Crippen molar-refractivity contribution < 1.29 is 53.6 Å². The summed E-state index contributed by atoms with van der Waals surface area (Å²) in [5.74, 6) is 0.265. The molecule has 1 aromatic heterocycles. The minimum absolute atomic E-state index is 0.0502. The quantitative estimate of drug-likeness (QED) is 0.247. The van der Waals surface area contributed by atoms with Crippen LogP contribution in [0.2, 0.25) is 0 Å². The number of rotatable bonds is 10. The molecule has 0 spiro atoms. The Labute approximate surface area is 223 Å². The van der Waals surface area contributed by atoms with Crippen LogP contribution < -0.4 is 24.4 Å². The summed E-state index contributed by atoms with van der Waals surface area (Å²) < 4.78 is 34.2. The summed E-state index contributed by atoms with van der Waals surface area (Å²) in [5.41, 5.74) is -0.0612. The van der Waals surface area contributed by atoms with Crippen LogP contribution in [0.5, 0.6) is 28.7 Å². The second-order valence-electron chi connectivity index (χ2n) is 8.68. The second-order valence-corrected chi connectivity index (χ2v) is 8.68. The molecule has 1 aliphatic rings. The van der Waals surface area contributed by atoms with Gasteiger partial charge in [-0.3, -0.25) is 4.79 Å². The van der Waals surface area contributed by atoms with E-state index in [9.17, 15) is 30.3 Å². The van der Waals surface area contributed by atoms with Gasteiger partial charge in [0.15, 0.2) is 17.3 Å². The fourth-order valence-electron chi connectivity index (χ4n) is 4.27. The van der Waals surface area contributed by atoms with E-state index < -0.39 is 42.7 Å². The molecule has 1 aliphatic heterocycles. The van der Waals surface area contributed by atoms with Crippen molar-refractivity contribution in [2.45, 2.75) is 51.5 Å². The maximum Gasteiger partial charge on any atom is 0.239 e. The minimum atomic E-state index is -1.65. The number of phenolic OH excluding ortho intramolecular Hbond substituents is 1. The zero-order valence-electron chi connectivity index (χ0n) is 21.7. The third-order valence-electron chi connectivity index (χ3n) is 6.10. The monoisotopic (exact) mass is 548 g/mol. The van der Waals surface area contributed by atoms with Gasteiger partial charge in [0.2, 0.25) is 17.5 Å². The van der Waals surface area contributed by atoms with E-state index in [4.69, 9.17) is 28.1 Å². The number of aliphatic hydroxyl groups excluding tert-OH is 4. The van der Waals surface area contributed by atoms with E-state index in [0.717, 1.165) is 0 Å². The Kier molecular flexibility index (Phi) is 8.83. The van der Waals surface area contributed by atoms with Gasteiger partial charge >= 0.3 is 0 Å². The van der Waals surface area contributed by atoms with Crippen molar-refractivity contribution in [3.63, 3.8) is 0 Å². The number of benzene rings is 2. The van der Waals surface area contributed by atoms with Crippen molar-refractivity contribution in [2.24, 2.45) is 0 Å². The van der Waals surface area contributed by atoms with E-state index in [2.05, 4.69) is 0 Å². The van der Waals surface area contributed by atoms with Crippen molar-refractivity contribution in [3.05, 3.63) is 40.6 Å². The van der Waals surface area contributed by atoms with Crippen LogP contribution in [0, 0.1) is 0 Å². The Hall–Kier alpha value is -3.55. The molecule has 5 atom stereocenters. The number of hydrogen-bond acceptors (Lipinski definition) is 12. The molecule has 0 radical (unpaired) electrons. The molecule has 0 saturated carbocycles. The van der Waals surface area contributed by atoms with Gasteiger partial charge in [0.1, 0.15) is 46.9 Å². The normalized spacial score (nSPS) is 23.0. The second kappa shape index (κ2) is 12.1. The Morgan fingerprint density at radius 2 is 1.56 bits per heavy atom. The van der Waals surface area contributed by atoms with Gasteiger partial charge in [-0.05, 0) is 39.0 Å². The van der Waals surface area contributed by atoms with Crippen LogP contribution in [0.25, 0.3) is 22.3 Å². The average molecular weight is 549 g/mol. The van der Waals surface area contributed by atoms with Crippen LogP contribution in [0.3, 0.4) is 0 Å². The fourth-order valence-corrected chi connectivity index (χ4v) is 4.27. The van der Waals surface area contributed by atoms with E-state index in [1.807, 2.05) is 0 Å². The standard InChI is InChI=1S/C27H32O12/c1-4-34-16-9-13(7-8-15(16)29)25-26(36-6-3)22(31)20-17(35-5-2)10-14(11-18(20)38-25)37-27-24(33)23(32)21(30)19(12-28)39-27/h7-11,19,21,23-24,27-30,32-33H,4-6,12H2,1-3H3/t19?,21-,23?,24?,27-/m1/s1. The molecular formula is C27H32O12. The van der Waals surface area contributed by atoms with E-state index >= 15 is 0 Å². The van der Waals surface area contributed by atoms with E-state index in [0.29, 0.717) is 12.2 Å². The number of aliphatic hydroxyl groups is 4. The molecule has 3 aromatic rings. The molecule has 0 amide bonds. The molecule has 12 nitrogen and oxygen atoms in total. The fraction of sp³-hybridized carbons (Fsp3) is 0.444. The molecule has 1 fully saturated rings. The van der Waals surface area contributed by atoms with Crippen LogP contribution in [-0.4, -0.2) is 82.7 Å². The highest BCUT2D eigenvalue weighted by molar-refractivity contribution is 5.88. The van der Waals surface area contributed by atoms with Gasteiger partial charge in [-0.1, -0.05) is 0 Å². The molecule has 12 heteroatoms. The Morgan fingerprint density at radius 1 is 0.872 bits per heavy atom. The van der Waals surface area contributed by atoms with E-state index in [-0.39, 0.29) is 58.7 Å². The number of phenols is 1. The molecule has 0 bridgehead atoms. The van der Waals surface area contributed by atoms with Gasteiger partial charge in [0, 0.05) is 17.7 Å². The molecule has 212 valence electrons. The maximum atomic E-state index is 13.7. The first kappa shape index (κ1) is 28.5. The number of fused-ring (bicyclic) bond motifs is 1. The summed E-state index contributed by atoms with van der Waals surface area (Å²) in [7, 11) is 0. The number of ether oxygens (including phenoxy) is 5. The lowest BCUT2D eigenvalue weighted by Gasteiger charge is -2.39. The predicted octanol–water partition coefficient (Wildman–Crippen LogP) is 1.54. The van der Waals surface area contributed by atoms with Gasteiger partial charge < -0.3 is 53.6 Å². The van der Waals surface area contributed by atoms with E-state index in [1.165, 1.54) is 24.3 Å².